The quantitative estimate of drug-likeness (QED) is 0.837. The summed E-state index contributed by atoms with van der Waals surface area (Å²) >= 11 is 0. The van der Waals surface area contributed by atoms with Gasteiger partial charge in [-0.3, -0.25) is 0 Å². The van der Waals surface area contributed by atoms with Crippen LogP contribution >= 0.6 is 0 Å². The third-order valence-corrected chi connectivity index (χ3v) is 3.16. The molecule has 6 nitrogen and oxygen atoms in total. The Balaban J connectivity index is 2.21. The molecular weight excluding hydrogens is 248 g/mol. The lowest BCUT2D eigenvalue weighted by Crippen LogP contribution is -2.48. The fraction of sp³-hybridized carbons (Fsp3) is 0.538. The molecule has 0 bridgehead atoms. The van der Waals surface area contributed by atoms with Crippen molar-refractivity contribution in [1.29, 1.82) is 0 Å². The third kappa shape index (κ3) is 3.02. The summed E-state index contributed by atoms with van der Waals surface area (Å²) in [6.45, 7) is 4.82. The van der Waals surface area contributed by atoms with Crippen LogP contribution in [-0.4, -0.2) is 53.1 Å². The highest BCUT2D eigenvalue weighted by Gasteiger charge is 2.26. The molecule has 1 saturated heterocycles. The Bertz CT molecular complexity index is 478. The molecule has 0 aliphatic carbocycles. The summed E-state index contributed by atoms with van der Waals surface area (Å²) in [5.74, 6) is -0.253. The summed E-state index contributed by atoms with van der Waals surface area (Å²) in [6.07, 6.45) is -0.225. The predicted molar refractivity (Wildman–Crippen MR) is 69.6 cm³/mol. The first-order chi connectivity index (χ1) is 9.01. The molecule has 2 rings (SSSR count). The number of carboxylic acid groups (broad SMARTS) is 1. The molecule has 2 heterocycles. The van der Waals surface area contributed by atoms with Gasteiger partial charge in [-0.05, 0) is 26.0 Å². The monoisotopic (exact) mass is 266 g/mol. The Kier molecular flexibility index (Phi) is 4.01. The lowest BCUT2D eigenvalue weighted by atomic mass is 10.2. The zero-order valence-electron chi connectivity index (χ0n) is 11.0. The molecule has 0 aromatic carbocycles. The number of ether oxygens (including phenoxy) is 1. The lowest BCUT2D eigenvalue weighted by molar-refractivity contribution is -0.0423. The Hall–Kier alpha value is -1.66. The first-order valence-corrected chi connectivity index (χ1v) is 6.23. The minimum atomic E-state index is -0.972. The molecule has 1 aromatic heterocycles. The van der Waals surface area contributed by atoms with E-state index in [-0.39, 0.29) is 24.4 Å². The number of aryl methyl sites for hydroxylation is 1. The van der Waals surface area contributed by atoms with E-state index in [4.69, 9.17) is 9.84 Å². The number of rotatable bonds is 3. The van der Waals surface area contributed by atoms with E-state index in [2.05, 4.69) is 4.98 Å². The summed E-state index contributed by atoms with van der Waals surface area (Å²) < 4.78 is 5.57. The van der Waals surface area contributed by atoms with Crippen LogP contribution in [0.2, 0.25) is 0 Å². The number of anilines is 1. The summed E-state index contributed by atoms with van der Waals surface area (Å²) in [5.41, 5.74) is 0.702. The summed E-state index contributed by atoms with van der Waals surface area (Å²) in [5, 5.41) is 18.2. The molecular formula is C13H18N2O4. The topological polar surface area (TPSA) is 82.9 Å². The van der Waals surface area contributed by atoms with Crippen LogP contribution in [0.1, 0.15) is 23.0 Å². The van der Waals surface area contributed by atoms with Gasteiger partial charge in [-0.25, -0.2) is 9.78 Å². The molecule has 104 valence electrons. The van der Waals surface area contributed by atoms with Crippen molar-refractivity contribution in [1.82, 2.24) is 4.98 Å². The van der Waals surface area contributed by atoms with E-state index in [1.807, 2.05) is 11.8 Å². The Morgan fingerprint density at radius 1 is 1.53 bits per heavy atom. The zero-order chi connectivity index (χ0) is 14.0. The van der Waals surface area contributed by atoms with Crippen molar-refractivity contribution in [3.63, 3.8) is 0 Å². The first kappa shape index (κ1) is 13.8. The van der Waals surface area contributed by atoms with Gasteiger partial charge in [0.1, 0.15) is 5.82 Å². The van der Waals surface area contributed by atoms with Gasteiger partial charge in [-0.15, -0.1) is 0 Å². The van der Waals surface area contributed by atoms with Gasteiger partial charge in [0.2, 0.25) is 0 Å². The number of aromatic carboxylic acids is 1. The number of hydrogen-bond donors (Lipinski definition) is 2. The number of pyridine rings is 1. The van der Waals surface area contributed by atoms with Crippen LogP contribution in [0.4, 0.5) is 5.82 Å². The fourth-order valence-electron chi connectivity index (χ4n) is 2.28. The minimum absolute atomic E-state index is 0.00663. The normalized spacial score (nSPS) is 23.4. The predicted octanol–water partition coefficient (Wildman–Crippen LogP) is 0.674. The van der Waals surface area contributed by atoms with Gasteiger partial charge in [-0.1, -0.05) is 0 Å². The van der Waals surface area contributed by atoms with Crippen molar-refractivity contribution in [3.05, 3.63) is 23.4 Å². The molecule has 0 radical (unpaired) electrons. The number of aliphatic hydroxyl groups is 1. The van der Waals surface area contributed by atoms with Crippen LogP contribution in [0.25, 0.3) is 0 Å². The second-order valence-corrected chi connectivity index (χ2v) is 4.76. The summed E-state index contributed by atoms with van der Waals surface area (Å²) in [7, 11) is 0. The lowest BCUT2D eigenvalue weighted by Gasteiger charge is -2.36. The number of aromatic nitrogens is 1. The number of hydrogen-bond acceptors (Lipinski definition) is 5. The maximum absolute atomic E-state index is 11.0. The first-order valence-electron chi connectivity index (χ1n) is 6.23. The number of carbonyl (C=O) groups is 1. The average molecular weight is 266 g/mol. The van der Waals surface area contributed by atoms with E-state index in [9.17, 15) is 9.90 Å². The molecule has 2 N–H and O–H groups in total. The molecule has 2 atom stereocenters. The Morgan fingerprint density at radius 2 is 2.26 bits per heavy atom. The van der Waals surface area contributed by atoms with Gasteiger partial charge in [0.15, 0.2) is 0 Å². The van der Waals surface area contributed by atoms with Gasteiger partial charge in [0.05, 0.1) is 30.1 Å². The van der Waals surface area contributed by atoms with E-state index in [1.54, 1.807) is 19.1 Å². The van der Waals surface area contributed by atoms with Gasteiger partial charge < -0.3 is 19.8 Å². The van der Waals surface area contributed by atoms with Crippen molar-refractivity contribution in [2.45, 2.75) is 26.1 Å². The zero-order valence-corrected chi connectivity index (χ0v) is 11.0. The maximum atomic E-state index is 11.0. The van der Waals surface area contributed by atoms with Crippen molar-refractivity contribution in [3.8, 4) is 0 Å². The van der Waals surface area contributed by atoms with E-state index in [1.165, 1.54) is 0 Å². The van der Waals surface area contributed by atoms with Gasteiger partial charge in [0.25, 0.3) is 0 Å². The molecule has 0 saturated carbocycles. The molecule has 6 heteroatoms. The van der Waals surface area contributed by atoms with E-state index < -0.39 is 5.97 Å². The number of nitrogens with zero attached hydrogens (tertiary/aromatic N) is 2. The van der Waals surface area contributed by atoms with Crippen LogP contribution < -0.4 is 4.90 Å². The minimum Gasteiger partial charge on any atom is -0.478 e. The third-order valence-electron chi connectivity index (χ3n) is 3.16. The van der Waals surface area contributed by atoms with Crippen LogP contribution in [0.5, 0.6) is 0 Å². The van der Waals surface area contributed by atoms with Crippen molar-refractivity contribution >= 4 is 11.8 Å². The van der Waals surface area contributed by atoms with Crippen molar-refractivity contribution in [2.75, 3.05) is 24.6 Å². The maximum Gasteiger partial charge on any atom is 0.337 e. The van der Waals surface area contributed by atoms with Gasteiger partial charge >= 0.3 is 5.97 Å². The smallest absolute Gasteiger partial charge is 0.337 e. The van der Waals surface area contributed by atoms with Crippen LogP contribution in [0, 0.1) is 6.92 Å². The summed E-state index contributed by atoms with van der Waals surface area (Å²) in [4.78, 5) is 17.3. The van der Waals surface area contributed by atoms with Crippen molar-refractivity contribution < 1.29 is 19.7 Å². The molecule has 0 amide bonds. The fourth-order valence-corrected chi connectivity index (χ4v) is 2.28. The summed E-state index contributed by atoms with van der Waals surface area (Å²) in [6, 6.07) is 3.26. The molecule has 1 aromatic rings. The Labute approximate surface area is 111 Å². The second kappa shape index (κ2) is 5.54. The number of aliphatic hydroxyl groups excluding tert-OH is 1. The number of carboxylic acids is 1. The second-order valence-electron chi connectivity index (χ2n) is 4.76. The highest BCUT2D eigenvalue weighted by atomic mass is 16.5. The largest absolute Gasteiger partial charge is 0.478 e. The van der Waals surface area contributed by atoms with E-state index in [0.717, 1.165) is 5.82 Å². The van der Waals surface area contributed by atoms with Gasteiger partial charge in [-0.2, -0.15) is 0 Å². The van der Waals surface area contributed by atoms with E-state index >= 15 is 0 Å². The molecule has 0 spiro atoms. The Morgan fingerprint density at radius 3 is 2.84 bits per heavy atom. The molecule has 19 heavy (non-hydrogen) atoms. The van der Waals surface area contributed by atoms with E-state index in [0.29, 0.717) is 18.8 Å². The van der Waals surface area contributed by atoms with Gasteiger partial charge in [0, 0.05) is 13.1 Å². The average Bonchev–Trinajstić information content (AvgIpc) is 2.37. The highest BCUT2D eigenvalue weighted by molar-refractivity contribution is 5.89. The van der Waals surface area contributed by atoms with Crippen LogP contribution in [-0.2, 0) is 4.74 Å². The van der Waals surface area contributed by atoms with Crippen molar-refractivity contribution in [2.24, 2.45) is 0 Å². The number of morpholine rings is 1. The van der Waals surface area contributed by atoms with Crippen LogP contribution in [0.15, 0.2) is 12.1 Å². The molecule has 1 aliphatic heterocycles. The SMILES string of the molecule is Cc1nc(N2CC(C)OC(CO)C2)ccc1C(=O)O. The standard InChI is InChI=1S/C13H18N2O4/c1-8-5-15(6-10(7-16)19-8)12-4-3-11(13(17)18)9(2)14-12/h3-4,8,10,16H,5-7H2,1-2H3,(H,17,18). The molecule has 2 unspecified atom stereocenters. The highest BCUT2D eigenvalue weighted by Crippen LogP contribution is 2.20. The van der Waals surface area contributed by atoms with Crippen LogP contribution in [0.3, 0.4) is 0 Å². The molecule has 1 aliphatic rings. The molecule has 1 fully saturated rings.